The zero-order valence-corrected chi connectivity index (χ0v) is 4.64. The Balaban J connectivity index is 3.49. The fourth-order valence-corrected chi connectivity index (χ4v) is 0.181. The number of nitrogens with zero attached hydrogens (tertiary/aromatic N) is 1. The van der Waals surface area contributed by atoms with Gasteiger partial charge in [-0.1, -0.05) is 6.58 Å². The first-order valence-electron chi connectivity index (χ1n) is 2.00. The van der Waals surface area contributed by atoms with Gasteiger partial charge in [0.05, 0.1) is 7.11 Å². The third-order valence-corrected chi connectivity index (χ3v) is 0.569. The molecule has 0 aliphatic rings. The zero-order chi connectivity index (χ0) is 5.70. The molecule has 2 nitrogen and oxygen atoms in total. The Morgan fingerprint density at radius 2 is 2.43 bits per heavy atom. The molecule has 0 N–H and O–H groups in total. The minimum atomic E-state index is 0.634. The molecule has 0 saturated heterocycles. The van der Waals surface area contributed by atoms with Gasteiger partial charge in [-0.3, -0.25) is 0 Å². The lowest BCUT2D eigenvalue weighted by Crippen LogP contribution is -1.90. The fourth-order valence-electron chi connectivity index (χ4n) is 0.181. The maximum atomic E-state index is 4.67. The second kappa shape index (κ2) is 3.40. The summed E-state index contributed by atoms with van der Waals surface area (Å²) in [5.41, 5.74) is 0. The molecule has 0 saturated carbocycles. The average molecular weight is 99.1 g/mol. The van der Waals surface area contributed by atoms with E-state index in [-0.39, 0.29) is 0 Å². The van der Waals surface area contributed by atoms with E-state index in [1.54, 1.807) is 14.0 Å². The quantitative estimate of drug-likeness (QED) is 0.357. The van der Waals surface area contributed by atoms with Gasteiger partial charge in [0.1, 0.15) is 0 Å². The maximum Gasteiger partial charge on any atom is 0.184 e. The molecule has 0 rings (SSSR count). The van der Waals surface area contributed by atoms with Crippen molar-refractivity contribution in [2.24, 2.45) is 4.99 Å². The van der Waals surface area contributed by atoms with Crippen molar-refractivity contribution in [3.63, 3.8) is 0 Å². The minimum absolute atomic E-state index is 0.634. The highest BCUT2D eigenvalue weighted by atomic mass is 16.5. The third kappa shape index (κ3) is 3.03. The van der Waals surface area contributed by atoms with Gasteiger partial charge < -0.3 is 4.74 Å². The molecule has 2 heteroatoms. The van der Waals surface area contributed by atoms with E-state index in [1.807, 2.05) is 0 Å². The van der Waals surface area contributed by atoms with E-state index in [2.05, 4.69) is 16.3 Å². The van der Waals surface area contributed by atoms with Crippen molar-refractivity contribution in [1.82, 2.24) is 0 Å². The molecule has 0 spiro atoms. The van der Waals surface area contributed by atoms with Crippen LogP contribution in [0.1, 0.15) is 6.92 Å². The lowest BCUT2D eigenvalue weighted by atomic mass is 10.8. The monoisotopic (exact) mass is 99.1 g/mol. The summed E-state index contributed by atoms with van der Waals surface area (Å²) in [5.74, 6) is 0.634. The molecule has 0 unspecified atom stereocenters. The lowest BCUT2D eigenvalue weighted by Gasteiger charge is -1.90. The van der Waals surface area contributed by atoms with Crippen LogP contribution in [-0.2, 0) is 4.74 Å². The van der Waals surface area contributed by atoms with Gasteiger partial charge in [0, 0.05) is 13.1 Å². The summed E-state index contributed by atoms with van der Waals surface area (Å²) in [4.78, 5) is 3.70. The number of aliphatic imine (C=N–C) groups is 1. The van der Waals surface area contributed by atoms with Crippen LogP contribution in [-0.4, -0.2) is 13.0 Å². The standard InChI is InChI=1S/C5H9NO/c1-4-6-5(2)7-3/h4H,1H2,2-3H3/b6-5+. The number of hydrogen-bond acceptors (Lipinski definition) is 2. The number of methoxy groups -OCH3 is 1. The van der Waals surface area contributed by atoms with Crippen molar-refractivity contribution in [2.75, 3.05) is 7.11 Å². The van der Waals surface area contributed by atoms with Crippen LogP contribution >= 0.6 is 0 Å². The SMILES string of the molecule is C=C/N=C(\C)OC. The number of hydrogen-bond donors (Lipinski definition) is 0. The zero-order valence-electron chi connectivity index (χ0n) is 4.64. The van der Waals surface area contributed by atoms with E-state index in [9.17, 15) is 0 Å². The van der Waals surface area contributed by atoms with Crippen molar-refractivity contribution >= 4 is 5.90 Å². The predicted molar refractivity (Wildman–Crippen MR) is 30.3 cm³/mol. The van der Waals surface area contributed by atoms with Crippen LogP contribution in [0.2, 0.25) is 0 Å². The summed E-state index contributed by atoms with van der Waals surface area (Å²) >= 11 is 0. The van der Waals surface area contributed by atoms with Gasteiger partial charge >= 0.3 is 0 Å². The Kier molecular flexibility index (Phi) is 3.02. The number of rotatable bonds is 1. The van der Waals surface area contributed by atoms with Gasteiger partial charge in [-0.25, -0.2) is 4.99 Å². The van der Waals surface area contributed by atoms with Crippen molar-refractivity contribution in [3.05, 3.63) is 12.8 Å². The Bertz CT molecular complexity index is 86.1. The van der Waals surface area contributed by atoms with E-state index in [0.29, 0.717) is 5.90 Å². The molecule has 0 amide bonds. The highest BCUT2D eigenvalue weighted by Crippen LogP contribution is 1.75. The fraction of sp³-hybridized carbons (Fsp3) is 0.400. The van der Waals surface area contributed by atoms with Crippen LogP contribution in [0.25, 0.3) is 0 Å². The van der Waals surface area contributed by atoms with Crippen LogP contribution < -0.4 is 0 Å². The molecule has 0 aliphatic carbocycles. The smallest absolute Gasteiger partial charge is 0.184 e. The summed E-state index contributed by atoms with van der Waals surface area (Å²) < 4.78 is 4.67. The Morgan fingerprint density at radius 3 is 2.57 bits per heavy atom. The lowest BCUT2D eigenvalue weighted by molar-refractivity contribution is 0.400. The molecule has 0 aliphatic heterocycles. The highest BCUT2D eigenvalue weighted by Gasteiger charge is 1.76. The van der Waals surface area contributed by atoms with E-state index in [4.69, 9.17) is 0 Å². The van der Waals surface area contributed by atoms with E-state index in [0.717, 1.165) is 0 Å². The summed E-state index contributed by atoms with van der Waals surface area (Å²) in [6, 6.07) is 0. The van der Waals surface area contributed by atoms with Crippen molar-refractivity contribution in [2.45, 2.75) is 6.92 Å². The van der Waals surface area contributed by atoms with Crippen LogP contribution in [0.4, 0.5) is 0 Å². The van der Waals surface area contributed by atoms with Crippen LogP contribution in [0, 0.1) is 0 Å². The normalized spacial score (nSPS) is 10.9. The summed E-state index contributed by atoms with van der Waals surface area (Å²) in [6.45, 7) is 5.15. The van der Waals surface area contributed by atoms with Gasteiger partial charge in [-0.2, -0.15) is 0 Å². The van der Waals surface area contributed by atoms with Crippen LogP contribution in [0.15, 0.2) is 17.8 Å². The van der Waals surface area contributed by atoms with Crippen LogP contribution in [0.3, 0.4) is 0 Å². The molecule has 0 bridgehead atoms. The van der Waals surface area contributed by atoms with Gasteiger partial charge in [-0.15, -0.1) is 0 Å². The van der Waals surface area contributed by atoms with Gasteiger partial charge in [0.2, 0.25) is 0 Å². The molecule has 40 valence electrons. The Hall–Kier alpha value is -0.790. The van der Waals surface area contributed by atoms with Gasteiger partial charge in [0.25, 0.3) is 0 Å². The molecule has 0 aromatic rings. The molecule has 7 heavy (non-hydrogen) atoms. The molecule has 0 radical (unpaired) electrons. The maximum absolute atomic E-state index is 4.67. The minimum Gasteiger partial charge on any atom is -0.484 e. The first-order valence-corrected chi connectivity index (χ1v) is 2.00. The van der Waals surface area contributed by atoms with E-state index in [1.165, 1.54) is 6.20 Å². The Labute approximate surface area is 43.5 Å². The molecule has 0 fully saturated rings. The van der Waals surface area contributed by atoms with Crippen LogP contribution in [0.5, 0.6) is 0 Å². The average Bonchev–Trinajstić information content (AvgIpc) is 1.68. The molecule has 0 aromatic heterocycles. The van der Waals surface area contributed by atoms with Crippen molar-refractivity contribution < 1.29 is 4.74 Å². The summed E-state index contributed by atoms with van der Waals surface area (Å²) in [7, 11) is 1.57. The first-order chi connectivity index (χ1) is 3.31. The van der Waals surface area contributed by atoms with Crippen molar-refractivity contribution in [3.8, 4) is 0 Å². The van der Waals surface area contributed by atoms with Gasteiger partial charge in [0.15, 0.2) is 5.90 Å². The Morgan fingerprint density at radius 1 is 1.86 bits per heavy atom. The van der Waals surface area contributed by atoms with Gasteiger partial charge in [-0.05, 0) is 0 Å². The molecular weight excluding hydrogens is 90.1 g/mol. The topological polar surface area (TPSA) is 21.6 Å². The molecule has 0 atom stereocenters. The first kappa shape index (κ1) is 6.21. The molecule has 0 aromatic carbocycles. The molecule has 0 heterocycles. The summed E-state index contributed by atoms with van der Waals surface area (Å²) in [6.07, 6.45) is 1.44. The van der Waals surface area contributed by atoms with E-state index < -0.39 is 0 Å². The summed E-state index contributed by atoms with van der Waals surface area (Å²) in [5, 5.41) is 0. The van der Waals surface area contributed by atoms with Crippen molar-refractivity contribution in [1.29, 1.82) is 0 Å². The largest absolute Gasteiger partial charge is 0.484 e. The molecular formula is C5H9NO. The van der Waals surface area contributed by atoms with E-state index >= 15 is 0 Å². The second-order valence-electron chi connectivity index (χ2n) is 1.03. The third-order valence-electron chi connectivity index (χ3n) is 0.569. The second-order valence-corrected chi connectivity index (χ2v) is 1.03. The highest BCUT2D eigenvalue weighted by molar-refractivity contribution is 5.73. The predicted octanol–water partition coefficient (Wildman–Crippen LogP) is 1.19. The number of ether oxygens (including phenoxy) is 1.